The third-order valence-electron chi connectivity index (χ3n) is 3.39. The third-order valence-corrected chi connectivity index (χ3v) is 3.39. The van der Waals surface area contributed by atoms with E-state index in [1.165, 1.54) is 4.90 Å². The number of hydrogen-bond donors (Lipinski definition) is 1. The fourth-order valence-corrected chi connectivity index (χ4v) is 2.66. The van der Waals surface area contributed by atoms with Gasteiger partial charge in [-0.25, -0.2) is 0 Å². The maximum Gasteiger partial charge on any atom is 0.253 e. The fraction of sp³-hybridized carbons (Fsp3) is 0.579. The largest absolute Gasteiger partial charge is 0.389 e. The van der Waals surface area contributed by atoms with Crippen LogP contribution in [0.4, 0.5) is 0 Å². The van der Waals surface area contributed by atoms with Crippen LogP contribution in [0.5, 0.6) is 0 Å². The van der Waals surface area contributed by atoms with Crippen molar-refractivity contribution in [3.05, 3.63) is 35.4 Å². The van der Waals surface area contributed by atoms with Gasteiger partial charge in [-0.3, -0.25) is 9.59 Å². The molecule has 0 radical (unpaired) electrons. The molecule has 5 heteroatoms. The second-order valence-corrected chi connectivity index (χ2v) is 8.28. The Morgan fingerprint density at radius 3 is 1.71 bits per heavy atom. The molecule has 0 heterocycles. The molecule has 0 saturated heterocycles. The minimum atomic E-state index is -0.967. The van der Waals surface area contributed by atoms with Crippen LogP contribution in [0.25, 0.3) is 0 Å². The molecule has 24 heavy (non-hydrogen) atoms. The van der Waals surface area contributed by atoms with Crippen LogP contribution in [0.3, 0.4) is 0 Å². The van der Waals surface area contributed by atoms with Crippen molar-refractivity contribution in [3.63, 3.8) is 0 Å². The van der Waals surface area contributed by atoms with Crippen molar-refractivity contribution >= 4 is 11.8 Å². The van der Waals surface area contributed by atoms with Crippen molar-refractivity contribution in [3.8, 4) is 0 Å². The average Bonchev–Trinajstić information content (AvgIpc) is 2.42. The summed E-state index contributed by atoms with van der Waals surface area (Å²) < 4.78 is 0. The van der Waals surface area contributed by atoms with Crippen molar-refractivity contribution in [1.29, 1.82) is 0 Å². The normalized spacial score (nSPS) is 12.0. The van der Waals surface area contributed by atoms with Crippen LogP contribution >= 0.6 is 0 Å². The molecule has 0 aliphatic heterocycles. The third kappa shape index (κ3) is 6.32. The predicted molar refractivity (Wildman–Crippen MR) is 96.1 cm³/mol. The number of carbonyl (C=O) groups is 2. The van der Waals surface area contributed by atoms with Gasteiger partial charge in [-0.15, -0.1) is 0 Å². The van der Waals surface area contributed by atoms with Crippen molar-refractivity contribution in [2.24, 2.45) is 5.41 Å². The second-order valence-electron chi connectivity index (χ2n) is 8.28. The quantitative estimate of drug-likeness (QED) is 0.900. The minimum Gasteiger partial charge on any atom is -0.389 e. The van der Waals surface area contributed by atoms with E-state index in [0.717, 1.165) is 0 Å². The molecular formula is C19H30N2O3. The highest BCUT2D eigenvalue weighted by atomic mass is 16.3. The average molecular weight is 334 g/mol. The van der Waals surface area contributed by atoms with E-state index in [2.05, 4.69) is 20.8 Å². The van der Waals surface area contributed by atoms with Gasteiger partial charge in [0.2, 0.25) is 0 Å². The molecular weight excluding hydrogens is 304 g/mol. The summed E-state index contributed by atoms with van der Waals surface area (Å²) >= 11 is 0. The summed E-state index contributed by atoms with van der Waals surface area (Å²) in [4.78, 5) is 28.2. The molecule has 0 spiro atoms. The molecule has 0 aliphatic carbocycles. The molecule has 1 rings (SSSR count). The van der Waals surface area contributed by atoms with Gasteiger partial charge in [-0.05, 0) is 37.5 Å². The number of amides is 2. The molecule has 0 fully saturated rings. The lowest BCUT2D eigenvalue weighted by Gasteiger charge is -2.27. The van der Waals surface area contributed by atoms with E-state index in [1.54, 1.807) is 57.1 Å². The van der Waals surface area contributed by atoms with Crippen molar-refractivity contribution < 1.29 is 14.7 Å². The van der Waals surface area contributed by atoms with Gasteiger partial charge in [0.25, 0.3) is 11.8 Å². The summed E-state index contributed by atoms with van der Waals surface area (Å²) in [5, 5.41) is 9.85. The van der Waals surface area contributed by atoms with Crippen LogP contribution in [0.15, 0.2) is 24.3 Å². The lowest BCUT2D eigenvalue weighted by atomic mass is 9.96. The molecule has 0 bridgehead atoms. The Kier molecular flexibility index (Phi) is 6.17. The molecule has 0 saturated carbocycles. The van der Waals surface area contributed by atoms with Gasteiger partial charge in [-0.2, -0.15) is 0 Å². The Morgan fingerprint density at radius 1 is 0.917 bits per heavy atom. The predicted octanol–water partition coefficient (Wildman–Crippen LogP) is 2.65. The topological polar surface area (TPSA) is 60.9 Å². The zero-order valence-electron chi connectivity index (χ0n) is 15.9. The van der Waals surface area contributed by atoms with Crippen LogP contribution in [-0.4, -0.2) is 59.5 Å². The number of nitrogens with zero attached hydrogens (tertiary/aromatic N) is 2. The lowest BCUT2D eigenvalue weighted by molar-refractivity contribution is 0.0368. The Labute approximate surface area is 145 Å². The molecule has 0 atom stereocenters. The van der Waals surface area contributed by atoms with Crippen molar-refractivity contribution in [2.45, 2.75) is 40.2 Å². The maximum atomic E-state index is 12.6. The van der Waals surface area contributed by atoms with E-state index in [0.29, 0.717) is 17.7 Å². The smallest absolute Gasteiger partial charge is 0.253 e. The molecule has 134 valence electrons. The molecule has 0 unspecified atom stereocenters. The van der Waals surface area contributed by atoms with Crippen LogP contribution in [0, 0.1) is 5.41 Å². The molecule has 0 aromatic heterocycles. The fourth-order valence-electron chi connectivity index (χ4n) is 2.66. The standard InChI is InChI=1S/C19H30N2O3/c1-18(2,3)12-20(6)16(22)14-9-8-10-15(11-14)17(23)21(7)13-19(4,5)24/h8-11,24H,12-13H2,1-7H3. The summed E-state index contributed by atoms with van der Waals surface area (Å²) in [7, 11) is 3.41. The van der Waals surface area contributed by atoms with Gasteiger partial charge in [-0.1, -0.05) is 26.8 Å². The monoisotopic (exact) mass is 334 g/mol. The summed E-state index contributed by atoms with van der Waals surface area (Å²) in [5.41, 5.74) is -0.0313. The van der Waals surface area contributed by atoms with E-state index in [1.807, 2.05) is 0 Å². The van der Waals surface area contributed by atoms with Gasteiger partial charge in [0, 0.05) is 38.3 Å². The number of likely N-dealkylation sites (N-methyl/N-ethyl adjacent to an activating group) is 1. The molecule has 1 aromatic rings. The number of benzene rings is 1. The summed E-state index contributed by atoms with van der Waals surface area (Å²) in [6, 6.07) is 6.73. The van der Waals surface area contributed by atoms with E-state index >= 15 is 0 Å². The molecule has 1 aromatic carbocycles. The first-order valence-electron chi connectivity index (χ1n) is 8.13. The van der Waals surface area contributed by atoms with Gasteiger partial charge in [0.15, 0.2) is 0 Å². The van der Waals surface area contributed by atoms with Crippen LogP contribution in [0.1, 0.15) is 55.3 Å². The van der Waals surface area contributed by atoms with Crippen LogP contribution in [-0.2, 0) is 0 Å². The SMILES string of the molecule is CN(CC(C)(C)C)C(=O)c1cccc(C(=O)N(C)CC(C)(C)O)c1. The van der Waals surface area contributed by atoms with Gasteiger partial charge < -0.3 is 14.9 Å². The van der Waals surface area contributed by atoms with Crippen molar-refractivity contribution in [2.75, 3.05) is 27.2 Å². The Hall–Kier alpha value is -1.88. The maximum absolute atomic E-state index is 12.6. The van der Waals surface area contributed by atoms with E-state index in [-0.39, 0.29) is 23.8 Å². The number of rotatable bonds is 5. The minimum absolute atomic E-state index is 0.00473. The Bertz CT molecular complexity index is 548. The van der Waals surface area contributed by atoms with Gasteiger partial charge in [0.1, 0.15) is 0 Å². The Balaban J connectivity index is 2.94. The first-order valence-corrected chi connectivity index (χ1v) is 8.13. The second kappa shape index (κ2) is 7.34. The Morgan fingerprint density at radius 2 is 1.33 bits per heavy atom. The number of hydrogen-bond acceptors (Lipinski definition) is 3. The summed E-state index contributed by atoms with van der Waals surface area (Å²) in [6.07, 6.45) is 0. The van der Waals surface area contributed by atoms with E-state index < -0.39 is 5.60 Å². The molecule has 1 N–H and O–H groups in total. The number of aliphatic hydroxyl groups is 1. The van der Waals surface area contributed by atoms with E-state index in [4.69, 9.17) is 0 Å². The van der Waals surface area contributed by atoms with E-state index in [9.17, 15) is 14.7 Å². The van der Waals surface area contributed by atoms with Gasteiger partial charge in [0.05, 0.1) is 5.60 Å². The first kappa shape index (κ1) is 20.2. The molecule has 2 amide bonds. The summed E-state index contributed by atoms with van der Waals surface area (Å²) in [5.74, 6) is -0.324. The van der Waals surface area contributed by atoms with Crippen molar-refractivity contribution in [1.82, 2.24) is 9.80 Å². The van der Waals surface area contributed by atoms with Gasteiger partial charge >= 0.3 is 0 Å². The lowest BCUT2D eigenvalue weighted by Crippen LogP contribution is -2.39. The zero-order valence-corrected chi connectivity index (χ0v) is 15.9. The highest BCUT2D eigenvalue weighted by Crippen LogP contribution is 2.17. The summed E-state index contributed by atoms with van der Waals surface area (Å²) in [6.45, 7) is 10.4. The first-order chi connectivity index (χ1) is 10.8. The van der Waals surface area contributed by atoms with Crippen LogP contribution < -0.4 is 0 Å². The number of carbonyl (C=O) groups excluding carboxylic acids is 2. The highest BCUT2D eigenvalue weighted by molar-refractivity contribution is 5.99. The van der Waals surface area contributed by atoms with Crippen LogP contribution in [0.2, 0.25) is 0 Å². The zero-order chi connectivity index (χ0) is 18.7. The highest BCUT2D eigenvalue weighted by Gasteiger charge is 2.22. The molecule has 0 aliphatic rings. The molecule has 5 nitrogen and oxygen atoms in total.